The molecule has 1 aromatic carbocycles. The molecular formula is C23H38N4O3. The van der Waals surface area contributed by atoms with Gasteiger partial charge in [-0.3, -0.25) is 9.79 Å². The van der Waals surface area contributed by atoms with E-state index in [1.54, 1.807) is 7.05 Å². The topological polar surface area (TPSA) is 84.0 Å². The number of carbonyl (C=O) groups is 1. The molecule has 3 N–H and O–H groups in total. The Bertz CT molecular complexity index is 660. The SMILES string of the molecule is CCC(C)NC(=O)c1cccc(CNC(=NC)NCCCOCC2CCOCC2)c1. The Balaban J connectivity index is 1.65. The molecule has 1 unspecified atom stereocenters. The van der Waals surface area contributed by atoms with Crippen molar-refractivity contribution in [2.45, 2.75) is 52.1 Å². The van der Waals surface area contributed by atoms with E-state index in [9.17, 15) is 4.79 Å². The molecule has 7 nitrogen and oxygen atoms in total. The highest BCUT2D eigenvalue weighted by molar-refractivity contribution is 5.94. The third-order valence-corrected chi connectivity index (χ3v) is 5.31. The predicted molar refractivity (Wildman–Crippen MR) is 121 cm³/mol. The van der Waals surface area contributed by atoms with Gasteiger partial charge in [0.05, 0.1) is 0 Å². The Kier molecular flexibility index (Phi) is 11.3. The average molecular weight is 419 g/mol. The first-order valence-electron chi connectivity index (χ1n) is 11.1. The Hall–Kier alpha value is -2.12. The van der Waals surface area contributed by atoms with Crippen LogP contribution in [0.3, 0.4) is 0 Å². The summed E-state index contributed by atoms with van der Waals surface area (Å²) in [6, 6.07) is 7.85. The minimum Gasteiger partial charge on any atom is -0.381 e. The lowest BCUT2D eigenvalue weighted by molar-refractivity contribution is 0.0203. The lowest BCUT2D eigenvalue weighted by Gasteiger charge is -2.21. The van der Waals surface area contributed by atoms with Gasteiger partial charge >= 0.3 is 0 Å². The minimum atomic E-state index is -0.0329. The second-order valence-electron chi connectivity index (χ2n) is 7.82. The number of aliphatic imine (C=N–C) groups is 1. The number of nitrogens with zero attached hydrogens (tertiary/aromatic N) is 1. The number of amides is 1. The minimum absolute atomic E-state index is 0.0329. The highest BCUT2D eigenvalue weighted by Gasteiger charge is 2.13. The van der Waals surface area contributed by atoms with Crippen LogP contribution in [-0.2, 0) is 16.0 Å². The number of guanidine groups is 1. The fraction of sp³-hybridized carbons (Fsp3) is 0.652. The van der Waals surface area contributed by atoms with Crippen molar-refractivity contribution in [2.75, 3.05) is 40.0 Å². The number of nitrogens with one attached hydrogen (secondary N) is 3. The largest absolute Gasteiger partial charge is 0.381 e. The van der Waals surface area contributed by atoms with Gasteiger partial charge in [0.15, 0.2) is 5.96 Å². The molecule has 0 aliphatic carbocycles. The van der Waals surface area contributed by atoms with Gasteiger partial charge in [0.1, 0.15) is 0 Å². The zero-order chi connectivity index (χ0) is 21.6. The second-order valence-corrected chi connectivity index (χ2v) is 7.82. The van der Waals surface area contributed by atoms with Crippen LogP contribution in [0.25, 0.3) is 0 Å². The van der Waals surface area contributed by atoms with Crippen molar-refractivity contribution in [3.8, 4) is 0 Å². The maximum absolute atomic E-state index is 12.3. The first-order valence-corrected chi connectivity index (χ1v) is 11.1. The number of hydrogen-bond donors (Lipinski definition) is 3. The van der Waals surface area contributed by atoms with Crippen LogP contribution in [-0.4, -0.2) is 57.9 Å². The van der Waals surface area contributed by atoms with Crippen LogP contribution in [0, 0.1) is 5.92 Å². The molecule has 1 saturated heterocycles. The summed E-state index contributed by atoms with van der Waals surface area (Å²) in [6.07, 6.45) is 4.05. The van der Waals surface area contributed by atoms with Gasteiger partial charge in [-0.05, 0) is 56.2 Å². The highest BCUT2D eigenvalue weighted by atomic mass is 16.5. The van der Waals surface area contributed by atoms with Gasteiger partial charge in [0, 0.05) is 58.2 Å². The maximum Gasteiger partial charge on any atom is 0.251 e. The molecule has 0 aromatic heterocycles. The Morgan fingerprint density at radius 1 is 1.30 bits per heavy atom. The average Bonchev–Trinajstić information content (AvgIpc) is 2.78. The van der Waals surface area contributed by atoms with Crippen molar-refractivity contribution < 1.29 is 14.3 Å². The van der Waals surface area contributed by atoms with Crippen LogP contribution in [0.5, 0.6) is 0 Å². The molecule has 168 valence electrons. The van der Waals surface area contributed by atoms with Crippen LogP contribution in [0.4, 0.5) is 0 Å². The van der Waals surface area contributed by atoms with E-state index >= 15 is 0 Å². The van der Waals surface area contributed by atoms with Crippen LogP contribution < -0.4 is 16.0 Å². The molecule has 1 heterocycles. The third-order valence-electron chi connectivity index (χ3n) is 5.31. The molecule has 1 aliphatic heterocycles. The molecule has 0 spiro atoms. The van der Waals surface area contributed by atoms with Crippen LogP contribution in [0.1, 0.15) is 55.5 Å². The summed E-state index contributed by atoms with van der Waals surface area (Å²) < 4.78 is 11.2. The van der Waals surface area contributed by atoms with Gasteiger partial charge in [-0.15, -0.1) is 0 Å². The van der Waals surface area contributed by atoms with E-state index in [1.807, 2.05) is 31.2 Å². The predicted octanol–water partition coefficient (Wildman–Crippen LogP) is 2.71. The van der Waals surface area contributed by atoms with Crippen molar-refractivity contribution in [3.05, 3.63) is 35.4 Å². The van der Waals surface area contributed by atoms with Crippen molar-refractivity contribution in [1.29, 1.82) is 0 Å². The molecule has 1 atom stereocenters. The molecule has 2 rings (SSSR count). The Morgan fingerprint density at radius 2 is 2.10 bits per heavy atom. The van der Waals surface area contributed by atoms with Crippen LogP contribution >= 0.6 is 0 Å². The zero-order valence-electron chi connectivity index (χ0n) is 18.7. The van der Waals surface area contributed by atoms with Crippen LogP contribution in [0.2, 0.25) is 0 Å². The lowest BCUT2D eigenvalue weighted by Crippen LogP contribution is -2.37. The molecule has 0 saturated carbocycles. The van der Waals surface area contributed by atoms with Gasteiger partial charge in [-0.1, -0.05) is 19.1 Å². The van der Waals surface area contributed by atoms with Crippen molar-refractivity contribution >= 4 is 11.9 Å². The first-order chi connectivity index (χ1) is 14.6. The van der Waals surface area contributed by atoms with E-state index < -0.39 is 0 Å². The molecular weight excluding hydrogens is 380 g/mol. The molecule has 1 fully saturated rings. The van der Waals surface area contributed by atoms with Gasteiger partial charge in [-0.25, -0.2) is 0 Å². The van der Waals surface area contributed by atoms with E-state index in [1.165, 1.54) is 0 Å². The smallest absolute Gasteiger partial charge is 0.251 e. The summed E-state index contributed by atoms with van der Waals surface area (Å²) >= 11 is 0. The van der Waals surface area contributed by atoms with E-state index in [0.717, 1.165) is 70.2 Å². The maximum atomic E-state index is 12.3. The lowest BCUT2D eigenvalue weighted by atomic mass is 10.0. The number of rotatable bonds is 11. The Morgan fingerprint density at radius 3 is 2.83 bits per heavy atom. The normalized spacial score (nSPS) is 16.2. The number of ether oxygens (including phenoxy) is 2. The standard InChI is InChI=1S/C23H38N4O3/c1-4-18(2)27-22(28)21-8-5-7-20(15-21)16-26-23(24-3)25-11-6-12-30-17-19-9-13-29-14-10-19/h5,7-8,15,18-19H,4,6,9-14,16-17H2,1-3H3,(H,27,28)(H2,24,25,26). The van der Waals surface area contributed by atoms with Crippen molar-refractivity contribution in [2.24, 2.45) is 10.9 Å². The van der Waals surface area contributed by atoms with E-state index in [4.69, 9.17) is 9.47 Å². The molecule has 1 amide bonds. The number of benzene rings is 1. The van der Waals surface area contributed by atoms with E-state index in [2.05, 4.69) is 27.9 Å². The summed E-state index contributed by atoms with van der Waals surface area (Å²) in [4.78, 5) is 16.6. The highest BCUT2D eigenvalue weighted by Crippen LogP contribution is 2.14. The molecule has 30 heavy (non-hydrogen) atoms. The van der Waals surface area contributed by atoms with Crippen molar-refractivity contribution in [3.63, 3.8) is 0 Å². The van der Waals surface area contributed by atoms with Crippen molar-refractivity contribution in [1.82, 2.24) is 16.0 Å². The summed E-state index contributed by atoms with van der Waals surface area (Å²) in [5.41, 5.74) is 1.72. The Labute approximate surface area is 181 Å². The van der Waals surface area contributed by atoms with Gasteiger partial charge in [-0.2, -0.15) is 0 Å². The van der Waals surface area contributed by atoms with E-state index in [0.29, 0.717) is 18.0 Å². The second kappa shape index (κ2) is 14.0. The quantitative estimate of drug-likeness (QED) is 0.292. The summed E-state index contributed by atoms with van der Waals surface area (Å²) in [7, 11) is 1.76. The number of hydrogen-bond acceptors (Lipinski definition) is 4. The molecule has 0 radical (unpaired) electrons. The molecule has 7 heteroatoms. The molecule has 1 aliphatic rings. The van der Waals surface area contributed by atoms with Gasteiger partial charge in [0.25, 0.3) is 5.91 Å². The zero-order valence-corrected chi connectivity index (χ0v) is 18.7. The summed E-state index contributed by atoms with van der Waals surface area (Å²) in [5.74, 6) is 1.35. The van der Waals surface area contributed by atoms with Gasteiger partial charge < -0.3 is 25.4 Å². The third kappa shape index (κ3) is 9.13. The molecule has 1 aromatic rings. The van der Waals surface area contributed by atoms with E-state index in [-0.39, 0.29) is 11.9 Å². The first kappa shape index (κ1) is 24.2. The summed E-state index contributed by atoms with van der Waals surface area (Å²) in [6.45, 7) is 8.77. The number of carbonyl (C=O) groups excluding carboxylic acids is 1. The summed E-state index contributed by atoms with van der Waals surface area (Å²) in [5, 5.41) is 9.61. The fourth-order valence-electron chi connectivity index (χ4n) is 3.18. The van der Waals surface area contributed by atoms with Crippen LogP contribution in [0.15, 0.2) is 29.3 Å². The fourth-order valence-corrected chi connectivity index (χ4v) is 3.18. The molecule has 0 bridgehead atoms. The monoisotopic (exact) mass is 418 g/mol. The van der Waals surface area contributed by atoms with Gasteiger partial charge in [0.2, 0.25) is 0 Å².